The summed E-state index contributed by atoms with van der Waals surface area (Å²) in [4.78, 5) is 27.6. The second-order valence-corrected chi connectivity index (χ2v) is 5.26. The van der Waals surface area contributed by atoms with Crippen molar-refractivity contribution < 1.29 is 9.59 Å². The van der Waals surface area contributed by atoms with Crippen LogP contribution in [-0.4, -0.2) is 21.8 Å². The predicted octanol–water partition coefficient (Wildman–Crippen LogP) is 2.47. The van der Waals surface area contributed by atoms with Crippen molar-refractivity contribution in [2.75, 3.05) is 0 Å². The van der Waals surface area contributed by atoms with Crippen molar-refractivity contribution in [2.45, 2.75) is 6.54 Å². The summed E-state index contributed by atoms with van der Waals surface area (Å²) in [6.45, 7) is 0.390. The summed E-state index contributed by atoms with van der Waals surface area (Å²) in [5.41, 5.74) is 5.55. The van der Waals surface area contributed by atoms with Gasteiger partial charge in [-0.3, -0.25) is 15.0 Å². The summed E-state index contributed by atoms with van der Waals surface area (Å²) < 4.78 is 0. The lowest BCUT2D eigenvalue weighted by atomic mass is 10.1. The highest BCUT2D eigenvalue weighted by Gasteiger charge is 2.28. The highest BCUT2D eigenvalue weighted by molar-refractivity contribution is 6.02. The number of hydrogen-bond donors (Lipinski definition) is 2. The smallest absolute Gasteiger partial charge is 0.286 e. The monoisotopic (exact) mass is 291 g/mol. The fourth-order valence-electron chi connectivity index (χ4n) is 2.72. The molecule has 0 fully saturated rings. The lowest BCUT2D eigenvalue weighted by molar-refractivity contribution is 0.0601. The zero-order chi connectivity index (χ0) is 15.1. The molecule has 0 unspecified atom stereocenters. The molecule has 0 saturated heterocycles. The molecule has 5 heteroatoms. The van der Waals surface area contributed by atoms with Crippen LogP contribution in [0.15, 0.2) is 54.6 Å². The average Bonchev–Trinajstić information content (AvgIpc) is 3.10. The molecule has 2 amide bonds. The Morgan fingerprint density at radius 1 is 1.09 bits per heavy atom. The van der Waals surface area contributed by atoms with Gasteiger partial charge in [-0.05, 0) is 23.8 Å². The number of hydrogen-bond acceptors (Lipinski definition) is 2. The van der Waals surface area contributed by atoms with Crippen LogP contribution in [0, 0.1) is 0 Å². The maximum absolute atomic E-state index is 12.3. The van der Waals surface area contributed by atoms with Crippen molar-refractivity contribution in [1.82, 2.24) is 15.4 Å². The number of rotatable bonds is 2. The number of amides is 2. The van der Waals surface area contributed by atoms with E-state index in [-0.39, 0.29) is 11.8 Å². The summed E-state index contributed by atoms with van der Waals surface area (Å²) >= 11 is 0. The number of H-pyrrole nitrogens is 1. The van der Waals surface area contributed by atoms with Crippen LogP contribution in [0.3, 0.4) is 0 Å². The topological polar surface area (TPSA) is 65.2 Å². The van der Waals surface area contributed by atoms with Crippen LogP contribution in [-0.2, 0) is 6.54 Å². The van der Waals surface area contributed by atoms with Gasteiger partial charge in [-0.15, -0.1) is 0 Å². The van der Waals surface area contributed by atoms with E-state index in [2.05, 4.69) is 10.4 Å². The lowest BCUT2D eigenvalue weighted by Gasteiger charge is -2.16. The fraction of sp³-hybridized carbons (Fsp3) is 0.0588. The zero-order valence-electron chi connectivity index (χ0n) is 11.7. The maximum atomic E-state index is 12.3. The van der Waals surface area contributed by atoms with Crippen molar-refractivity contribution in [2.24, 2.45) is 0 Å². The van der Waals surface area contributed by atoms with Crippen molar-refractivity contribution in [3.8, 4) is 0 Å². The first-order valence-corrected chi connectivity index (χ1v) is 7.01. The van der Waals surface area contributed by atoms with Gasteiger partial charge in [-0.1, -0.05) is 36.4 Å². The van der Waals surface area contributed by atoms with E-state index in [1.807, 2.05) is 42.5 Å². The Kier molecular flexibility index (Phi) is 2.72. The number of carbonyl (C=O) groups excluding carboxylic acids is 2. The Morgan fingerprint density at radius 2 is 1.86 bits per heavy atom. The second kappa shape index (κ2) is 4.73. The number of aromatic amines is 1. The van der Waals surface area contributed by atoms with E-state index >= 15 is 0 Å². The molecular weight excluding hydrogens is 278 g/mol. The molecule has 4 rings (SSSR count). The molecule has 3 aromatic rings. The molecule has 0 atom stereocenters. The molecule has 0 radical (unpaired) electrons. The predicted molar refractivity (Wildman–Crippen MR) is 82.1 cm³/mol. The first-order chi connectivity index (χ1) is 10.7. The summed E-state index contributed by atoms with van der Waals surface area (Å²) in [5, 5.41) is 2.31. The molecule has 108 valence electrons. The third-order valence-corrected chi connectivity index (χ3v) is 3.83. The van der Waals surface area contributed by atoms with E-state index < -0.39 is 0 Å². The lowest BCUT2D eigenvalue weighted by Crippen LogP contribution is -2.42. The van der Waals surface area contributed by atoms with Gasteiger partial charge in [0.1, 0.15) is 5.69 Å². The van der Waals surface area contributed by atoms with Gasteiger partial charge >= 0.3 is 0 Å². The Balaban J connectivity index is 1.57. The average molecular weight is 291 g/mol. The SMILES string of the molecule is O=C(NN1Cc2ccccc2C1=O)c1cc2ccccc2[nH]1. The number of fused-ring (bicyclic) bond motifs is 2. The first-order valence-electron chi connectivity index (χ1n) is 7.01. The van der Waals surface area contributed by atoms with Gasteiger partial charge in [-0.25, -0.2) is 5.01 Å². The maximum Gasteiger partial charge on any atom is 0.286 e. The summed E-state index contributed by atoms with van der Waals surface area (Å²) in [6.07, 6.45) is 0. The van der Waals surface area contributed by atoms with E-state index in [9.17, 15) is 9.59 Å². The molecular formula is C17H13N3O2. The molecule has 2 aromatic carbocycles. The number of benzene rings is 2. The molecule has 22 heavy (non-hydrogen) atoms. The number of nitrogens with zero attached hydrogens (tertiary/aromatic N) is 1. The van der Waals surface area contributed by atoms with Gasteiger partial charge < -0.3 is 4.98 Å². The van der Waals surface area contributed by atoms with Crippen molar-refractivity contribution in [3.63, 3.8) is 0 Å². The Bertz CT molecular complexity index is 865. The van der Waals surface area contributed by atoms with E-state index in [1.165, 1.54) is 5.01 Å². The number of carbonyl (C=O) groups is 2. The molecule has 2 N–H and O–H groups in total. The largest absolute Gasteiger partial charge is 0.350 e. The quantitative estimate of drug-likeness (QED) is 0.761. The van der Waals surface area contributed by atoms with Crippen LogP contribution in [0.5, 0.6) is 0 Å². The molecule has 1 aliphatic heterocycles. The molecule has 0 saturated carbocycles. The Hall–Kier alpha value is -3.08. The van der Waals surface area contributed by atoms with Crippen molar-refractivity contribution in [1.29, 1.82) is 0 Å². The molecule has 5 nitrogen and oxygen atoms in total. The van der Waals surface area contributed by atoms with Crippen LogP contribution in [0.2, 0.25) is 0 Å². The third kappa shape index (κ3) is 1.95. The molecule has 0 bridgehead atoms. The minimum Gasteiger partial charge on any atom is -0.350 e. The first kappa shape index (κ1) is 12.6. The molecule has 0 aliphatic carbocycles. The fourth-order valence-corrected chi connectivity index (χ4v) is 2.72. The summed E-state index contributed by atoms with van der Waals surface area (Å²) in [7, 11) is 0. The van der Waals surface area contributed by atoms with Crippen LogP contribution >= 0.6 is 0 Å². The van der Waals surface area contributed by atoms with E-state index in [0.29, 0.717) is 17.8 Å². The van der Waals surface area contributed by atoms with Crippen LogP contribution in [0.4, 0.5) is 0 Å². The van der Waals surface area contributed by atoms with E-state index in [4.69, 9.17) is 0 Å². The number of para-hydroxylation sites is 1. The van der Waals surface area contributed by atoms with Gasteiger partial charge in [0.2, 0.25) is 0 Å². The van der Waals surface area contributed by atoms with Gasteiger partial charge in [0.05, 0.1) is 6.54 Å². The van der Waals surface area contributed by atoms with Crippen LogP contribution < -0.4 is 5.43 Å². The van der Waals surface area contributed by atoms with Crippen LogP contribution in [0.1, 0.15) is 26.4 Å². The normalized spacial score (nSPS) is 13.5. The molecule has 2 heterocycles. The summed E-state index contributed by atoms with van der Waals surface area (Å²) in [5.74, 6) is -0.502. The van der Waals surface area contributed by atoms with Gasteiger partial charge in [0.15, 0.2) is 0 Å². The number of aromatic nitrogens is 1. The Morgan fingerprint density at radius 3 is 2.68 bits per heavy atom. The molecule has 1 aliphatic rings. The van der Waals surface area contributed by atoms with Gasteiger partial charge in [0.25, 0.3) is 11.8 Å². The van der Waals surface area contributed by atoms with Gasteiger partial charge in [0, 0.05) is 16.5 Å². The van der Waals surface area contributed by atoms with Gasteiger partial charge in [-0.2, -0.15) is 0 Å². The minimum absolute atomic E-state index is 0.180. The zero-order valence-corrected chi connectivity index (χ0v) is 11.7. The highest BCUT2D eigenvalue weighted by Crippen LogP contribution is 2.21. The number of hydrazine groups is 1. The highest BCUT2D eigenvalue weighted by atomic mass is 16.2. The minimum atomic E-state index is -0.322. The van der Waals surface area contributed by atoms with Crippen molar-refractivity contribution >= 4 is 22.7 Å². The number of nitrogens with one attached hydrogen (secondary N) is 2. The van der Waals surface area contributed by atoms with E-state index in [1.54, 1.807) is 12.1 Å². The molecule has 0 spiro atoms. The summed E-state index contributed by atoms with van der Waals surface area (Å²) in [6, 6.07) is 16.8. The van der Waals surface area contributed by atoms with Crippen molar-refractivity contribution in [3.05, 3.63) is 71.4 Å². The molecule has 1 aromatic heterocycles. The Labute approximate surface area is 126 Å². The van der Waals surface area contributed by atoms with Crippen LogP contribution in [0.25, 0.3) is 10.9 Å². The second-order valence-electron chi connectivity index (χ2n) is 5.26. The standard InChI is InChI=1S/C17H13N3O2/c21-16(15-9-11-5-2-4-8-14(11)18-15)19-20-10-12-6-1-3-7-13(12)17(20)22/h1-9,18H,10H2,(H,19,21). The third-order valence-electron chi connectivity index (χ3n) is 3.83. The van der Waals surface area contributed by atoms with E-state index in [0.717, 1.165) is 16.5 Å².